The third-order valence-electron chi connectivity index (χ3n) is 3.17. The zero-order chi connectivity index (χ0) is 11.9. The van der Waals surface area contributed by atoms with E-state index in [1.54, 1.807) is 6.07 Å². The van der Waals surface area contributed by atoms with Crippen LogP contribution in [0.2, 0.25) is 0 Å². The number of hydrogen-bond donors (Lipinski definition) is 1. The topological polar surface area (TPSA) is 54.9 Å². The van der Waals surface area contributed by atoms with Crippen LogP contribution < -0.4 is 11.2 Å². The molecule has 0 aliphatic heterocycles. The van der Waals surface area contributed by atoms with Crippen LogP contribution in [0.4, 0.5) is 0 Å². The Labute approximate surface area is 94.3 Å². The molecular weight excluding hydrogens is 204 g/mol. The molecule has 0 atom stereocenters. The Hall–Kier alpha value is -1.32. The lowest BCUT2D eigenvalue weighted by molar-refractivity contribution is 0.357. The van der Waals surface area contributed by atoms with E-state index >= 15 is 0 Å². The maximum atomic E-state index is 11.9. The summed E-state index contributed by atoms with van der Waals surface area (Å²) in [7, 11) is 0. The van der Waals surface area contributed by atoms with Crippen LogP contribution in [0.3, 0.4) is 0 Å². The highest BCUT2D eigenvalue weighted by molar-refractivity contribution is 5.10. The van der Waals surface area contributed by atoms with Crippen molar-refractivity contribution in [3.05, 3.63) is 32.6 Å². The Balaban J connectivity index is 2.52. The molecule has 0 saturated heterocycles. The predicted octanol–water partition coefficient (Wildman–Crippen LogP) is 1.56. The van der Waals surface area contributed by atoms with Crippen molar-refractivity contribution in [2.75, 3.05) is 0 Å². The summed E-state index contributed by atoms with van der Waals surface area (Å²) in [6.07, 6.45) is 3.35. The van der Waals surface area contributed by atoms with Gasteiger partial charge in [0, 0.05) is 17.3 Å². The van der Waals surface area contributed by atoms with Crippen LogP contribution >= 0.6 is 0 Å². The Kier molecular flexibility index (Phi) is 2.52. The smallest absolute Gasteiger partial charge is 0.311 e. The fourth-order valence-corrected chi connectivity index (χ4v) is 2.09. The van der Waals surface area contributed by atoms with Crippen LogP contribution in [0.1, 0.15) is 51.6 Å². The number of aromatic amines is 1. The van der Waals surface area contributed by atoms with Gasteiger partial charge in [0.05, 0.1) is 0 Å². The molecule has 16 heavy (non-hydrogen) atoms. The van der Waals surface area contributed by atoms with Crippen LogP contribution in [-0.2, 0) is 5.54 Å². The van der Waals surface area contributed by atoms with E-state index in [0.717, 1.165) is 18.5 Å². The average Bonchev–Trinajstić information content (AvgIpc) is 1.94. The molecule has 2 rings (SSSR count). The summed E-state index contributed by atoms with van der Waals surface area (Å²) < 4.78 is 1.27. The van der Waals surface area contributed by atoms with Gasteiger partial charge in [0.2, 0.25) is 0 Å². The van der Waals surface area contributed by atoms with Crippen LogP contribution in [-0.4, -0.2) is 9.55 Å². The van der Waals surface area contributed by atoms with Gasteiger partial charge in [-0.2, -0.15) is 0 Å². The molecule has 0 unspecified atom stereocenters. The lowest BCUT2D eigenvalue weighted by atomic mass is 9.83. The Bertz CT molecular complexity index is 470. The molecule has 0 spiro atoms. The van der Waals surface area contributed by atoms with E-state index in [4.69, 9.17) is 0 Å². The lowest BCUT2D eigenvalue weighted by Gasteiger charge is -2.26. The van der Waals surface area contributed by atoms with Gasteiger partial charge in [-0.05, 0) is 39.5 Å². The monoisotopic (exact) mass is 222 g/mol. The maximum Gasteiger partial charge on any atom is 0.329 e. The van der Waals surface area contributed by atoms with Gasteiger partial charge in [-0.3, -0.25) is 9.36 Å². The van der Waals surface area contributed by atoms with Crippen LogP contribution in [0.5, 0.6) is 0 Å². The molecule has 88 valence electrons. The third-order valence-corrected chi connectivity index (χ3v) is 3.17. The number of rotatable bonds is 1. The summed E-state index contributed by atoms with van der Waals surface area (Å²) in [4.78, 5) is 26.6. The summed E-state index contributed by atoms with van der Waals surface area (Å²) >= 11 is 0. The van der Waals surface area contributed by atoms with Crippen LogP contribution in [0.25, 0.3) is 0 Å². The highest BCUT2D eigenvalue weighted by atomic mass is 16.2. The zero-order valence-corrected chi connectivity index (χ0v) is 10.0. The van der Waals surface area contributed by atoms with E-state index in [2.05, 4.69) is 4.98 Å². The second-order valence-corrected chi connectivity index (χ2v) is 5.50. The van der Waals surface area contributed by atoms with Crippen molar-refractivity contribution in [1.29, 1.82) is 0 Å². The molecule has 1 heterocycles. The molecule has 1 aliphatic rings. The largest absolute Gasteiger partial charge is 0.329 e. The van der Waals surface area contributed by atoms with Gasteiger partial charge in [-0.25, -0.2) is 4.79 Å². The first-order chi connectivity index (χ1) is 7.39. The molecule has 4 heteroatoms. The second-order valence-electron chi connectivity index (χ2n) is 5.50. The van der Waals surface area contributed by atoms with Gasteiger partial charge in [-0.1, -0.05) is 6.42 Å². The summed E-state index contributed by atoms with van der Waals surface area (Å²) in [5, 5.41) is 0. The molecule has 0 radical (unpaired) electrons. The molecule has 0 bridgehead atoms. The van der Waals surface area contributed by atoms with E-state index in [1.807, 2.05) is 20.8 Å². The SMILES string of the molecule is CC(C)(C)n1c(=O)cc(C2CCC2)[nH]c1=O. The molecule has 4 nitrogen and oxygen atoms in total. The van der Waals surface area contributed by atoms with Crippen molar-refractivity contribution in [2.45, 2.75) is 51.5 Å². The first kappa shape index (κ1) is 11.2. The summed E-state index contributed by atoms with van der Waals surface area (Å²) in [6.45, 7) is 5.56. The van der Waals surface area contributed by atoms with Gasteiger partial charge in [-0.15, -0.1) is 0 Å². The summed E-state index contributed by atoms with van der Waals surface area (Å²) in [5.41, 5.74) is -0.148. The maximum absolute atomic E-state index is 11.9. The first-order valence-corrected chi connectivity index (χ1v) is 5.76. The number of nitrogens with one attached hydrogen (secondary N) is 1. The molecule has 1 N–H and O–H groups in total. The second kappa shape index (κ2) is 3.61. The van der Waals surface area contributed by atoms with Gasteiger partial charge in [0.1, 0.15) is 0 Å². The van der Waals surface area contributed by atoms with E-state index < -0.39 is 5.54 Å². The fourth-order valence-electron chi connectivity index (χ4n) is 2.09. The first-order valence-electron chi connectivity index (χ1n) is 5.76. The number of nitrogens with zero attached hydrogens (tertiary/aromatic N) is 1. The lowest BCUT2D eigenvalue weighted by Crippen LogP contribution is -2.45. The van der Waals surface area contributed by atoms with E-state index in [-0.39, 0.29) is 11.2 Å². The van der Waals surface area contributed by atoms with Gasteiger partial charge in [0.25, 0.3) is 5.56 Å². The minimum absolute atomic E-state index is 0.196. The van der Waals surface area contributed by atoms with Crippen LogP contribution in [0, 0.1) is 0 Å². The molecule has 1 fully saturated rings. The minimum atomic E-state index is -0.469. The highest BCUT2D eigenvalue weighted by Crippen LogP contribution is 2.34. The van der Waals surface area contributed by atoms with Crippen molar-refractivity contribution in [1.82, 2.24) is 9.55 Å². The molecule has 1 saturated carbocycles. The quantitative estimate of drug-likeness (QED) is 0.784. The normalized spacial score (nSPS) is 17.2. The van der Waals surface area contributed by atoms with E-state index in [9.17, 15) is 9.59 Å². The molecule has 0 amide bonds. The van der Waals surface area contributed by atoms with E-state index in [0.29, 0.717) is 5.92 Å². The van der Waals surface area contributed by atoms with Crippen LogP contribution in [0.15, 0.2) is 15.7 Å². The molecule has 1 aliphatic carbocycles. The molecule has 1 aromatic heterocycles. The van der Waals surface area contributed by atoms with Crippen molar-refractivity contribution in [2.24, 2.45) is 0 Å². The van der Waals surface area contributed by atoms with Gasteiger partial charge in [0.15, 0.2) is 0 Å². The average molecular weight is 222 g/mol. The minimum Gasteiger partial charge on any atom is -0.311 e. The molecule has 0 aromatic carbocycles. The number of hydrogen-bond acceptors (Lipinski definition) is 2. The Morgan fingerprint density at radius 1 is 1.31 bits per heavy atom. The van der Waals surface area contributed by atoms with Crippen molar-refractivity contribution >= 4 is 0 Å². The zero-order valence-electron chi connectivity index (χ0n) is 10.0. The van der Waals surface area contributed by atoms with E-state index in [1.165, 1.54) is 11.0 Å². The molecule has 1 aromatic rings. The van der Waals surface area contributed by atoms with Gasteiger partial charge < -0.3 is 4.98 Å². The predicted molar refractivity (Wildman–Crippen MR) is 62.9 cm³/mol. The summed E-state index contributed by atoms with van der Waals surface area (Å²) in [6, 6.07) is 1.58. The van der Waals surface area contributed by atoms with Crippen molar-refractivity contribution in [3.63, 3.8) is 0 Å². The van der Waals surface area contributed by atoms with Gasteiger partial charge >= 0.3 is 5.69 Å². The Morgan fingerprint density at radius 2 is 1.94 bits per heavy atom. The van der Waals surface area contributed by atoms with Crippen molar-refractivity contribution in [3.8, 4) is 0 Å². The third kappa shape index (κ3) is 1.84. The Morgan fingerprint density at radius 3 is 2.31 bits per heavy atom. The fraction of sp³-hybridized carbons (Fsp3) is 0.667. The standard InChI is InChI=1S/C12H18N2O2/c1-12(2,3)14-10(15)7-9(13-11(14)16)8-5-4-6-8/h7-8H,4-6H2,1-3H3,(H,13,16). The van der Waals surface area contributed by atoms with Crippen molar-refractivity contribution < 1.29 is 0 Å². The summed E-state index contributed by atoms with van der Waals surface area (Å²) in [5.74, 6) is 0.384. The number of H-pyrrole nitrogens is 1. The number of aromatic nitrogens is 2. The highest BCUT2D eigenvalue weighted by Gasteiger charge is 2.24. The molecular formula is C12H18N2O2.